The van der Waals surface area contributed by atoms with Gasteiger partial charge in [0.05, 0.1) is 5.69 Å². The van der Waals surface area contributed by atoms with Crippen LogP contribution in [0.15, 0.2) is 0 Å². The Bertz CT molecular complexity index is 355. The minimum atomic E-state index is 0.572. The van der Waals surface area contributed by atoms with Gasteiger partial charge in [0.25, 0.3) is 0 Å². The van der Waals surface area contributed by atoms with Gasteiger partial charge in [0, 0.05) is 12.5 Å². The van der Waals surface area contributed by atoms with Gasteiger partial charge in [0.2, 0.25) is 0 Å². The summed E-state index contributed by atoms with van der Waals surface area (Å²) in [6, 6.07) is 0.572. The van der Waals surface area contributed by atoms with E-state index in [1.54, 1.807) is 0 Å². The van der Waals surface area contributed by atoms with Gasteiger partial charge in [-0.1, -0.05) is 25.4 Å². The largest absolute Gasteiger partial charge is 0.328 e. The van der Waals surface area contributed by atoms with Crippen molar-refractivity contribution < 1.29 is 0 Å². The molecule has 0 spiro atoms. The molecule has 15 heavy (non-hydrogen) atoms. The second kappa shape index (κ2) is 4.17. The second-order valence-electron chi connectivity index (χ2n) is 4.97. The molecule has 2 nitrogen and oxygen atoms in total. The van der Waals surface area contributed by atoms with E-state index < -0.39 is 0 Å². The molecule has 1 atom stereocenters. The quantitative estimate of drug-likeness (QED) is 0.753. The number of fused-ring (bicyclic) bond motifs is 1. The van der Waals surface area contributed by atoms with Crippen molar-refractivity contribution >= 4 is 11.6 Å². The lowest BCUT2D eigenvalue weighted by atomic mass is 10.0. The number of hydrogen-bond donors (Lipinski definition) is 0. The average molecular weight is 227 g/mol. The summed E-state index contributed by atoms with van der Waals surface area (Å²) in [5, 5.41) is 0.734. The maximum Gasteiger partial charge on any atom is 0.150 e. The van der Waals surface area contributed by atoms with Crippen molar-refractivity contribution in [3.05, 3.63) is 16.7 Å². The molecule has 2 rings (SSSR count). The minimum absolute atomic E-state index is 0.572. The van der Waals surface area contributed by atoms with Crippen molar-refractivity contribution in [1.29, 1.82) is 0 Å². The summed E-state index contributed by atoms with van der Waals surface area (Å²) < 4.78 is 2.37. The van der Waals surface area contributed by atoms with Crippen LogP contribution in [0, 0.1) is 5.92 Å². The lowest BCUT2D eigenvalue weighted by Crippen LogP contribution is -2.18. The summed E-state index contributed by atoms with van der Waals surface area (Å²) in [4.78, 5) is 4.51. The van der Waals surface area contributed by atoms with Gasteiger partial charge in [-0.25, -0.2) is 4.98 Å². The van der Waals surface area contributed by atoms with Crippen LogP contribution in [0.1, 0.15) is 51.2 Å². The van der Waals surface area contributed by atoms with Crippen LogP contribution < -0.4 is 0 Å². The lowest BCUT2D eigenvalue weighted by Gasteiger charge is -2.24. The van der Waals surface area contributed by atoms with Crippen molar-refractivity contribution in [2.75, 3.05) is 0 Å². The Morgan fingerprint density at radius 3 is 2.93 bits per heavy atom. The molecule has 0 bridgehead atoms. The first-order valence-corrected chi connectivity index (χ1v) is 6.23. The monoisotopic (exact) mass is 226 g/mol. The zero-order valence-electron chi connectivity index (χ0n) is 9.76. The van der Waals surface area contributed by atoms with E-state index in [2.05, 4.69) is 30.3 Å². The molecule has 2 heterocycles. The standard InChI is InChI=1S/C12H19ClN2/c1-8(2)7-11-14-12(13)10-6-4-5-9(3)15(10)11/h8-9H,4-7H2,1-3H3. The zero-order valence-corrected chi connectivity index (χ0v) is 10.5. The van der Waals surface area contributed by atoms with Crippen LogP contribution in [-0.2, 0) is 12.8 Å². The van der Waals surface area contributed by atoms with Crippen LogP contribution in [0.3, 0.4) is 0 Å². The van der Waals surface area contributed by atoms with E-state index in [0.29, 0.717) is 12.0 Å². The van der Waals surface area contributed by atoms with Gasteiger partial charge < -0.3 is 4.57 Å². The van der Waals surface area contributed by atoms with E-state index in [1.807, 2.05) is 0 Å². The first-order valence-electron chi connectivity index (χ1n) is 5.85. The van der Waals surface area contributed by atoms with Gasteiger partial charge in [-0.2, -0.15) is 0 Å². The Morgan fingerprint density at radius 2 is 2.27 bits per heavy atom. The maximum absolute atomic E-state index is 6.18. The van der Waals surface area contributed by atoms with Crippen LogP contribution >= 0.6 is 11.6 Å². The topological polar surface area (TPSA) is 17.8 Å². The Labute approximate surface area is 96.7 Å². The minimum Gasteiger partial charge on any atom is -0.328 e. The summed E-state index contributed by atoms with van der Waals surface area (Å²) >= 11 is 6.18. The van der Waals surface area contributed by atoms with Gasteiger partial charge in [0.15, 0.2) is 5.15 Å². The number of nitrogens with zero attached hydrogens (tertiary/aromatic N) is 2. The number of halogens is 1. The van der Waals surface area contributed by atoms with Gasteiger partial charge in [-0.3, -0.25) is 0 Å². The van der Waals surface area contributed by atoms with Gasteiger partial charge in [0.1, 0.15) is 5.82 Å². The van der Waals surface area contributed by atoms with Crippen LogP contribution in [0.4, 0.5) is 0 Å². The molecule has 1 aromatic rings. The van der Waals surface area contributed by atoms with E-state index in [4.69, 9.17) is 11.6 Å². The molecule has 0 fully saturated rings. The van der Waals surface area contributed by atoms with Crippen molar-refractivity contribution in [2.24, 2.45) is 5.92 Å². The smallest absolute Gasteiger partial charge is 0.150 e. The van der Waals surface area contributed by atoms with E-state index in [9.17, 15) is 0 Å². The van der Waals surface area contributed by atoms with E-state index in [1.165, 1.54) is 24.4 Å². The maximum atomic E-state index is 6.18. The predicted octanol–water partition coefficient (Wildman–Crippen LogP) is 3.63. The van der Waals surface area contributed by atoms with Crippen LogP contribution in [0.5, 0.6) is 0 Å². The highest BCUT2D eigenvalue weighted by Gasteiger charge is 2.23. The number of rotatable bonds is 2. The molecule has 84 valence electrons. The van der Waals surface area contributed by atoms with Crippen LogP contribution in [-0.4, -0.2) is 9.55 Å². The van der Waals surface area contributed by atoms with Crippen molar-refractivity contribution in [3.8, 4) is 0 Å². The molecule has 0 amide bonds. The van der Waals surface area contributed by atoms with Crippen molar-refractivity contribution in [1.82, 2.24) is 9.55 Å². The van der Waals surface area contributed by atoms with Crippen LogP contribution in [0.2, 0.25) is 5.15 Å². The molecule has 0 saturated heterocycles. The average Bonchev–Trinajstić information content (AvgIpc) is 2.44. The van der Waals surface area contributed by atoms with E-state index in [0.717, 1.165) is 18.0 Å². The summed E-state index contributed by atoms with van der Waals surface area (Å²) in [5.41, 5.74) is 1.26. The molecular formula is C12H19ClN2. The third-order valence-electron chi connectivity index (χ3n) is 3.10. The second-order valence-corrected chi connectivity index (χ2v) is 5.33. The molecular weight excluding hydrogens is 208 g/mol. The Balaban J connectivity index is 2.39. The molecule has 3 heteroatoms. The van der Waals surface area contributed by atoms with E-state index >= 15 is 0 Å². The van der Waals surface area contributed by atoms with Crippen molar-refractivity contribution in [3.63, 3.8) is 0 Å². The SMILES string of the molecule is CC(C)Cc1nc(Cl)c2n1C(C)CCC2. The normalized spacial score (nSPS) is 20.7. The van der Waals surface area contributed by atoms with Gasteiger partial charge >= 0.3 is 0 Å². The molecule has 0 aliphatic carbocycles. The highest BCUT2D eigenvalue weighted by atomic mass is 35.5. The molecule has 0 aromatic carbocycles. The highest BCUT2D eigenvalue weighted by Crippen LogP contribution is 2.31. The molecule has 1 aliphatic heterocycles. The van der Waals surface area contributed by atoms with Gasteiger partial charge in [-0.15, -0.1) is 0 Å². The summed E-state index contributed by atoms with van der Waals surface area (Å²) in [5.74, 6) is 1.82. The fourth-order valence-corrected chi connectivity index (χ4v) is 2.72. The summed E-state index contributed by atoms with van der Waals surface area (Å²) in [6.07, 6.45) is 4.62. The lowest BCUT2D eigenvalue weighted by molar-refractivity contribution is 0.411. The van der Waals surface area contributed by atoms with Gasteiger partial charge in [-0.05, 0) is 32.1 Å². The molecule has 0 N–H and O–H groups in total. The summed E-state index contributed by atoms with van der Waals surface area (Å²) in [7, 11) is 0. The number of imidazole rings is 1. The van der Waals surface area contributed by atoms with E-state index in [-0.39, 0.29) is 0 Å². The molecule has 0 saturated carbocycles. The first kappa shape index (κ1) is 11.0. The third-order valence-corrected chi connectivity index (χ3v) is 3.40. The molecule has 0 radical (unpaired) electrons. The first-order chi connectivity index (χ1) is 7.09. The number of hydrogen-bond acceptors (Lipinski definition) is 1. The zero-order chi connectivity index (χ0) is 11.0. The Kier molecular flexibility index (Phi) is 3.06. The molecule has 1 unspecified atom stereocenters. The van der Waals surface area contributed by atoms with Crippen molar-refractivity contribution in [2.45, 2.75) is 52.5 Å². The Hall–Kier alpha value is -0.500. The van der Waals surface area contributed by atoms with Crippen LogP contribution in [0.25, 0.3) is 0 Å². The Morgan fingerprint density at radius 1 is 1.53 bits per heavy atom. The third kappa shape index (κ3) is 2.05. The highest BCUT2D eigenvalue weighted by molar-refractivity contribution is 6.30. The fraction of sp³-hybridized carbons (Fsp3) is 0.750. The summed E-state index contributed by atoms with van der Waals surface area (Å²) in [6.45, 7) is 6.72. The molecule has 1 aliphatic rings. The number of aromatic nitrogens is 2. The molecule has 1 aromatic heterocycles. The fourth-order valence-electron chi connectivity index (χ4n) is 2.43. The predicted molar refractivity (Wildman–Crippen MR) is 63.4 cm³/mol.